The van der Waals surface area contributed by atoms with Crippen molar-refractivity contribution in [3.63, 3.8) is 0 Å². The van der Waals surface area contributed by atoms with Crippen LogP contribution in [0.15, 0.2) is 4.99 Å². The lowest BCUT2D eigenvalue weighted by Gasteiger charge is -2.30. The van der Waals surface area contributed by atoms with Gasteiger partial charge in [-0.25, -0.2) is 0 Å². The summed E-state index contributed by atoms with van der Waals surface area (Å²) in [5.74, 6) is 1.60. The SMILES string of the molecule is CCC(CC)CNC(=NC)NCC1CN(C)CCO1.I. The van der Waals surface area contributed by atoms with Crippen LogP contribution in [0, 0.1) is 5.92 Å². The number of halogens is 1. The van der Waals surface area contributed by atoms with Gasteiger partial charge in [-0.2, -0.15) is 0 Å². The molecule has 5 nitrogen and oxygen atoms in total. The molecular formula is C14H31IN4O. The highest BCUT2D eigenvalue weighted by Gasteiger charge is 2.17. The summed E-state index contributed by atoms with van der Waals surface area (Å²) in [5, 5.41) is 6.74. The minimum Gasteiger partial charge on any atom is -0.374 e. The molecule has 1 saturated heterocycles. The first-order valence-electron chi connectivity index (χ1n) is 7.44. The fraction of sp³-hybridized carbons (Fsp3) is 0.929. The summed E-state index contributed by atoms with van der Waals surface area (Å²) >= 11 is 0. The topological polar surface area (TPSA) is 48.9 Å². The van der Waals surface area contributed by atoms with Crippen molar-refractivity contribution in [2.45, 2.75) is 32.8 Å². The van der Waals surface area contributed by atoms with Crippen LogP contribution in [0.25, 0.3) is 0 Å². The molecule has 1 aliphatic heterocycles. The van der Waals surface area contributed by atoms with Gasteiger partial charge in [-0.3, -0.25) is 4.99 Å². The van der Waals surface area contributed by atoms with E-state index in [-0.39, 0.29) is 30.1 Å². The molecule has 1 heterocycles. The Kier molecular flexibility index (Phi) is 11.5. The number of likely N-dealkylation sites (N-methyl/N-ethyl adjacent to an activating group) is 1. The normalized spacial score (nSPS) is 20.6. The Morgan fingerprint density at radius 3 is 2.60 bits per heavy atom. The van der Waals surface area contributed by atoms with E-state index in [2.05, 4.69) is 41.4 Å². The first kappa shape index (κ1) is 19.9. The smallest absolute Gasteiger partial charge is 0.191 e. The second kappa shape index (κ2) is 11.6. The molecule has 0 amide bonds. The molecule has 1 atom stereocenters. The van der Waals surface area contributed by atoms with Crippen LogP contribution < -0.4 is 10.6 Å². The molecule has 120 valence electrons. The molecule has 0 aromatic heterocycles. The van der Waals surface area contributed by atoms with Gasteiger partial charge in [0.2, 0.25) is 0 Å². The van der Waals surface area contributed by atoms with Crippen LogP contribution >= 0.6 is 24.0 Å². The Morgan fingerprint density at radius 2 is 2.05 bits per heavy atom. The van der Waals surface area contributed by atoms with E-state index in [1.54, 1.807) is 0 Å². The van der Waals surface area contributed by atoms with Crippen molar-refractivity contribution >= 4 is 29.9 Å². The fourth-order valence-electron chi connectivity index (χ4n) is 2.24. The van der Waals surface area contributed by atoms with Crippen molar-refractivity contribution < 1.29 is 4.74 Å². The lowest BCUT2D eigenvalue weighted by molar-refractivity contribution is -0.0161. The number of nitrogens with zero attached hydrogens (tertiary/aromatic N) is 2. The summed E-state index contributed by atoms with van der Waals surface area (Å²) in [6.45, 7) is 9.10. The maximum absolute atomic E-state index is 5.72. The van der Waals surface area contributed by atoms with E-state index in [1.165, 1.54) is 12.8 Å². The first-order valence-corrected chi connectivity index (χ1v) is 7.44. The molecule has 1 aliphatic rings. The van der Waals surface area contributed by atoms with E-state index in [0.29, 0.717) is 0 Å². The number of nitrogens with one attached hydrogen (secondary N) is 2. The van der Waals surface area contributed by atoms with Gasteiger partial charge in [0.05, 0.1) is 12.7 Å². The summed E-state index contributed by atoms with van der Waals surface area (Å²) in [6.07, 6.45) is 2.67. The summed E-state index contributed by atoms with van der Waals surface area (Å²) in [7, 11) is 3.95. The third-order valence-electron chi connectivity index (χ3n) is 3.78. The highest BCUT2D eigenvalue weighted by molar-refractivity contribution is 14.0. The summed E-state index contributed by atoms with van der Waals surface area (Å²) < 4.78 is 5.72. The van der Waals surface area contributed by atoms with Gasteiger partial charge in [0.15, 0.2) is 5.96 Å². The minimum atomic E-state index is 0. The van der Waals surface area contributed by atoms with Gasteiger partial charge in [-0.05, 0) is 13.0 Å². The molecule has 0 saturated carbocycles. The molecule has 0 spiro atoms. The Balaban J connectivity index is 0.00000361. The lowest BCUT2D eigenvalue weighted by atomic mass is 10.0. The Labute approximate surface area is 140 Å². The van der Waals surface area contributed by atoms with Gasteiger partial charge in [0, 0.05) is 33.2 Å². The van der Waals surface area contributed by atoms with Crippen molar-refractivity contribution in [2.24, 2.45) is 10.9 Å². The van der Waals surface area contributed by atoms with Crippen LogP contribution in [-0.2, 0) is 4.74 Å². The molecule has 6 heteroatoms. The molecule has 0 aliphatic carbocycles. The van der Waals surface area contributed by atoms with Crippen LogP contribution in [0.4, 0.5) is 0 Å². The number of hydrogen-bond acceptors (Lipinski definition) is 3. The van der Waals surface area contributed by atoms with Crippen LogP contribution in [0.3, 0.4) is 0 Å². The zero-order valence-corrected chi connectivity index (χ0v) is 15.6. The van der Waals surface area contributed by atoms with Crippen molar-refractivity contribution in [2.75, 3.05) is 46.9 Å². The van der Waals surface area contributed by atoms with Crippen LogP contribution in [0.2, 0.25) is 0 Å². The molecule has 0 aromatic carbocycles. The highest BCUT2D eigenvalue weighted by Crippen LogP contribution is 2.05. The van der Waals surface area contributed by atoms with E-state index in [9.17, 15) is 0 Å². The molecule has 0 radical (unpaired) electrons. The van der Waals surface area contributed by atoms with E-state index in [0.717, 1.165) is 44.7 Å². The van der Waals surface area contributed by atoms with Gasteiger partial charge in [-0.1, -0.05) is 26.7 Å². The second-order valence-electron chi connectivity index (χ2n) is 5.27. The first-order chi connectivity index (χ1) is 9.19. The third kappa shape index (κ3) is 7.64. The van der Waals surface area contributed by atoms with Crippen LogP contribution in [-0.4, -0.2) is 63.8 Å². The number of ether oxygens (including phenoxy) is 1. The van der Waals surface area contributed by atoms with Crippen LogP contribution in [0.1, 0.15) is 26.7 Å². The molecule has 1 fully saturated rings. The van der Waals surface area contributed by atoms with Crippen LogP contribution in [0.5, 0.6) is 0 Å². The molecule has 0 bridgehead atoms. The van der Waals surface area contributed by atoms with Crippen molar-refractivity contribution in [1.82, 2.24) is 15.5 Å². The number of aliphatic imine (C=N–C) groups is 1. The number of guanidine groups is 1. The molecule has 1 rings (SSSR count). The zero-order chi connectivity index (χ0) is 14.1. The van der Waals surface area contributed by atoms with Gasteiger partial charge in [-0.15, -0.1) is 24.0 Å². The zero-order valence-electron chi connectivity index (χ0n) is 13.3. The maximum Gasteiger partial charge on any atom is 0.191 e. The van der Waals surface area contributed by atoms with Crippen molar-refractivity contribution in [1.29, 1.82) is 0 Å². The Hall–Kier alpha value is -0.0800. The average Bonchev–Trinajstić information content (AvgIpc) is 2.43. The van der Waals surface area contributed by atoms with E-state index in [1.807, 2.05) is 7.05 Å². The predicted octanol–water partition coefficient (Wildman–Crippen LogP) is 1.54. The quantitative estimate of drug-likeness (QED) is 0.405. The second-order valence-corrected chi connectivity index (χ2v) is 5.27. The summed E-state index contributed by atoms with van der Waals surface area (Å²) in [5.41, 5.74) is 0. The van der Waals surface area contributed by atoms with E-state index < -0.39 is 0 Å². The third-order valence-corrected chi connectivity index (χ3v) is 3.78. The Bertz CT molecular complexity index is 272. The summed E-state index contributed by atoms with van der Waals surface area (Å²) in [4.78, 5) is 6.56. The summed E-state index contributed by atoms with van der Waals surface area (Å²) in [6, 6.07) is 0. The van der Waals surface area contributed by atoms with Gasteiger partial charge in [0.1, 0.15) is 0 Å². The molecule has 2 N–H and O–H groups in total. The van der Waals surface area contributed by atoms with Gasteiger partial charge < -0.3 is 20.3 Å². The Morgan fingerprint density at radius 1 is 1.35 bits per heavy atom. The van der Waals surface area contributed by atoms with Crippen molar-refractivity contribution in [3.8, 4) is 0 Å². The van der Waals surface area contributed by atoms with Crippen molar-refractivity contribution in [3.05, 3.63) is 0 Å². The monoisotopic (exact) mass is 398 g/mol. The molecular weight excluding hydrogens is 367 g/mol. The highest BCUT2D eigenvalue weighted by atomic mass is 127. The van der Waals surface area contributed by atoms with Gasteiger partial charge in [0.25, 0.3) is 0 Å². The van der Waals surface area contributed by atoms with E-state index >= 15 is 0 Å². The number of hydrogen-bond donors (Lipinski definition) is 2. The molecule has 1 unspecified atom stereocenters. The minimum absolute atomic E-state index is 0. The predicted molar refractivity (Wildman–Crippen MR) is 96.1 cm³/mol. The lowest BCUT2D eigenvalue weighted by Crippen LogP contribution is -2.48. The van der Waals surface area contributed by atoms with Gasteiger partial charge >= 0.3 is 0 Å². The average molecular weight is 398 g/mol. The largest absolute Gasteiger partial charge is 0.374 e. The standard InChI is InChI=1S/C14H30N4O.HI/c1-5-12(6-2)9-16-14(15-3)17-10-13-11-18(4)7-8-19-13;/h12-13H,5-11H2,1-4H3,(H2,15,16,17);1H. The molecule has 20 heavy (non-hydrogen) atoms. The van der Waals surface area contributed by atoms with E-state index in [4.69, 9.17) is 4.74 Å². The molecule has 0 aromatic rings. The fourth-order valence-corrected chi connectivity index (χ4v) is 2.24. The number of morpholine rings is 1. The maximum atomic E-state index is 5.72. The number of rotatable bonds is 6.